The fourth-order valence-electron chi connectivity index (χ4n) is 1.03. The Bertz CT molecular complexity index is 372. The van der Waals surface area contributed by atoms with E-state index in [-0.39, 0.29) is 12.5 Å². The predicted octanol–water partition coefficient (Wildman–Crippen LogP) is 0.598. The highest BCUT2D eigenvalue weighted by Crippen LogP contribution is 2.12. The van der Waals surface area contributed by atoms with Crippen LogP contribution in [0.1, 0.15) is 10.4 Å². The molecule has 1 N–H and O–H groups in total. The molecule has 0 bridgehead atoms. The molecule has 0 spiro atoms. The molecule has 0 unspecified atom stereocenters. The number of rotatable bonds is 4. The zero-order chi connectivity index (χ0) is 12.0. The molecule has 0 aliphatic carbocycles. The van der Waals surface area contributed by atoms with Gasteiger partial charge < -0.3 is 14.8 Å². The van der Waals surface area contributed by atoms with Gasteiger partial charge in [0.2, 0.25) is 0 Å². The number of nitrogens with one attached hydrogen (secondary N) is 1. The van der Waals surface area contributed by atoms with Crippen molar-refractivity contribution in [1.82, 2.24) is 5.32 Å². The molecule has 0 aromatic heterocycles. The van der Waals surface area contributed by atoms with Crippen molar-refractivity contribution in [3.63, 3.8) is 0 Å². The van der Waals surface area contributed by atoms with Gasteiger partial charge in [-0.05, 0) is 24.3 Å². The van der Waals surface area contributed by atoms with Gasteiger partial charge in [0.05, 0.1) is 12.7 Å². The normalized spacial score (nSPS) is 9.38. The van der Waals surface area contributed by atoms with E-state index < -0.39 is 5.97 Å². The Hall–Kier alpha value is -2.04. The SMILES string of the molecule is CNC(=O)COc1ccc(C(=O)OC)cc1. The van der Waals surface area contributed by atoms with Crippen molar-refractivity contribution < 1.29 is 19.1 Å². The molecular formula is C11H13NO4. The van der Waals surface area contributed by atoms with Crippen LogP contribution in [0.5, 0.6) is 5.75 Å². The lowest BCUT2D eigenvalue weighted by Crippen LogP contribution is -2.24. The fourth-order valence-corrected chi connectivity index (χ4v) is 1.03. The van der Waals surface area contributed by atoms with Gasteiger partial charge in [0.25, 0.3) is 5.91 Å². The van der Waals surface area contributed by atoms with E-state index in [4.69, 9.17) is 4.74 Å². The number of carbonyl (C=O) groups is 2. The van der Waals surface area contributed by atoms with E-state index >= 15 is 0 Å². The molecular weight excluding hydrogens is 210 g/mol. The molecule has 86 valence electrons. The number of benzene rings is 1. The number of methoxy groups -OCH3 is 1. The first kappa shape index (κ1) is 12.0. The van der Waals surface area contributed by atoms with E-state index in [0.717, 1.165) is 0 Å². The highest BCUT2D eigenvalue weighted by atomic mass is 16.5. The van der Waals surface area contributed by atoms with Gasteiger partial charge in [-0.2, -0.15) is 0 Å². The third-order valence-corrected chi connectivity index (χ3v) is 1.92. The average Bonchev–Trinajstić information content (AvgIpc) is 2.35. The molecule has 1 aromatic rings. The Kier molecular flexibility index (Phi) is 4.32. The molecule has 5 nitrogen and oxygen atoms in total. The molecule has 0 heterocycles. The lowest BCUT2D eigenvalue weighted by Gasteiger charge is -2.05. The summed E-state index contributed by atoms with van der Waals surface area (Å²) < 4.78 is 9.71. The summed E-state index contributed by atoms with van der Waals surface area (Å²) in [4.78, 5) is 22.0. The molecule has 0 atom stereocenters. The van der Waals surface area contributed by atoms with Gasteiger partial charge in [-0.3, -0.25) is 4.79 Å². The monoisotopic (exact) mass is 223 g/mol. The van der Waals surface area contributed by atoms with Crippen molar-refractivity contribution in [2.24, 2.45) is 0 Å². The number of ether oxygens (including phenoxy) is 2. The highest BCUT2D eigenvalue weighted by molar-refractivity contribution is 5.89. The van der Waals surface area contributed by atoms with Crippen molar-refractivity contribution in [2.75, 3.05) is 20.8 Å². The molecule has 16 heavy (non-hydrogen) atoms. The second kappa shape index (κ2) is 5.75. The van der Waals surface area contributed by atoms with Gasteiger partial charge in [0.1, 0.15) is 5.75 Å². The van der Waals surface area contributed by atoms with Gasteiger partial charge >= 0.3 is 5.97 Å². The maximum atomic E-state index is 11.1. The summed E-state index contributed by atoms with van der Waals surface area (Å²) >= 11 is 0. The van der Waals surface area contributed by atoms with Crippen LogP contribution in [0.3, 0.4) is 0 Å². The van der Waals surface area contributed by atoms with Crippen molar-refractivity contribution in [3.05, 3.63) is 29.8 Å². The van der Waals surface area contributed by atoms with Crippen molar-refractivity contribution >= 4 is 11.9 Å². The van der Waals surface area contributed by atoms with Gasteiger partial charge in [0.15, 0.2) is 6.61 Å². The highest BCUT2D eigenvalue weighted by Gasteiger charge is 2.05. The van der Waals surface area contributed by atoms with E-state index in [2.05, 4.69) is 10.1 Å². The second-order valence-electron chi connectivity index (χ2n) is 2.98. The van der Waals surface area contributed by atoms with E-state index in [1.165, 1.54) is 14.2 Å². The number of esters is 1. The van der Waals surface area contributed by atoms with Crippen LogP contribution < -0.4 is 10.1 Å². The van der Waals surface area contributed by atoms with Crippen molar-refractivity contribution in [3.8, 4) is 5.75 Å². The van der Waals surface area contributed by atoms with Crippen LogP contribution in [0.15, 0.2) is 24.3 Å². The summed E-state index contributed by atoms with van der Waals surface area (Å²) in [7, 11) is 2.85. The van der Waals surface area contributed by atoms with E-state index in [1.54, 1.807) is 24.3 Å². The van der Waals surface area contributed by atoms with Crippen LogP contribution in [0.25, 0.3) is 0 Å². The summed E-state index contributed by atoms with van der Waals surface area (Å²) in [6, 6.07) is 6.36. The molecule has 0 fully saturated rings. The molecule has 0 radical (unpaired) electrons. The van der Waals surface area contributed by atoms with Gasteiger partial charge in [-0.15, -0.1) is 0 Å². The summed E-state index contributed by atoms with van der Waals surface area (Å²) in [5.41, 5.74) is 0.440. The topological polar surface area (TPSA) is 64.6 Å². The molecule has 0 aliphatic rings. The Morgan fingerprint density at radius 2 is 1.88 bits per heavy atom. The number of amides is 1. The largest absolute Gasteiger partial charge is 0.484 e. The van der Waals surface area contributed by atoms with Gasteiger partial charge in [0, 0.05) is 7.05 Å². The lowest BCUT2D eigenvalue weighted by molar-refractivity contribution is -0.122. The Morgan fingerprint density at radius 1 is 1.25 bits per heavy atom. The first-order valence-corrected chi connectivity index (χ1v) is 4.69. The van der Waals surface area contributed by atoms with E-state index in [0.29, 0.717) is 11.3 Å². The van der Waals surface area contributed by atoms with Crippen LogP contribution in [-0.2, 0) is 9.53 Å². The summed E-state index contributed by atoms with van der Waals surface area (Å²) in [6.45, 7) is -0.0475. The quantitative estimate of drug-likeness (QED) is 0.759. The Labute approximate surface area is 93.4 Å². The van der Waals surface area contributed by atoms with Gasteiger partial charge in [-0.25, -0.2) is 4.79 Å². The van der Waals surface area contributed by atoms with Crippen LogP contribution in [-0.4, -0.2) is 32.6 Å². The van der Waals surface area contributed by atoms with Crippen LogP contribution >= 0.6 is 0 Å². The summed E-state index contributed by atoms with van der Waals surface area (Å²) in [6.07, 6.45) is 0. The molecule has 0 saturated heterocycles. The predicted molar refractivity (Wildman–Crippen MR) is 57.3 cm³/mol. The lowest BCUT2D eigenvalue weighted by atomic mass is 10.2. The van der Waals surface area contributed by atoms with Crippen LogP contribution in [0.4, 0.5) is 0 Å². The molecule has 1 aromatic carbocycles. The van der Waals surface area contributed by atoms with Gasteiger partial charge in [-0.1, -0.05) is 0 Å². The Morgan fingerprint density at radius 3 is 2.38 bits per heavy atom. The molecule has 0 aliphatic heterocycles. The minimum absolute atomic E-state index is 0.0475. The minimum atomic E-state index is -0.405. The fraction of sp³-hybridized carbons (Fsp3) is 0.273. The first-order valence-electron chi connectivity index (χ1n) is 4.69. The van der Waals surface area contributed by atoms with E-state index in [9.17, 15) is 9.59 Å². The maximum Gasteiger partial charge on any atom is 0.337 e. The number of hydrogen-bond donors (Lipinski definition) is 1. The van der Waals surface area contributed by atoms with Crippen LogP contribution in [0, 0.1) is 0 Å². The van der Waals surface area contributed by atoms with E-state index in [1.807, 2.05) is 0 Å². The third kappa shape index (κ3) is 3.27. The standard InChI is InChI=1S/C11H13NO4/c1-12-10(13)7-16-9-5-3-8(4-6-9)11(14)15-2/h3-6H,7H2,1-2H3,(H,12,13). The molecule has 1 rings (SSSR count). The third-order valence-electron chi connectivity index (χ3n) is 1.92. The number of hydrogen-bond acceptors (Lipinski definition) is 4. The molecule has 5 heteroatoms. The zero-order valence-electron chi connectivity index (χ0n) is 9.15. The summed E-state index contributed by atoms with van der Waals surface area (Å²) in [5, 5.41) is 2.44. The zero-order valence-corrected chi connectivity index (χ0v) is 9.15. The van der Waals surface area contributed by atoms with Crippen molar-refractivity contribution in [2.45, 2.75) is 0 Å². The second-order valence-corrected chi connectivity index (χ2v) is 2.98. The average molecular weight is 223 g/mol. The van der Waals surface area contributed by atoms with Crippen LogP contribution in [0.2, 0.25) is 0 Å². The summed E-state index contributed by atoms with van der Waals surface area (Å²) in [5.74, 6) is -0.0915. The number of likely N-dealkylation sites (N-methyl/N-ethyl adjacent to an activating group) is 1. The minimum Gasteiger partial charge on any atom is -0.484 e. The smallest absolute Gasteiger partial charge is 0.337 e. The maximum absolute atomic E-state index is 11.1. The Balaban J connectivity index is 2.58. The van der Waals surface area contributed by atoms with Crippen molar-refractivity contribution in [1.29, 1.82) is 0 Å². The molecule has 1 amide bonds. The number of carbonyl (C=O) groups excluding carboxylic acids is 2. The molecule has 0 saturated carbocycles. The first-order chi connectivity index (χ1) is 7.67.